The molecule has 4 heterocycles. The number of nitrogens with one attached hydrogen (secondary N) is 3. The molecule has 4 aromatic rings. The van der Waals surface area contributed by atoms with Crippen molar-refractivity contribution in [1.82, 2.24) is 30.4 Å². The molecule has 142 valence electrons. The fourth-order valence-electron chi connectivity index (χ4n) is 3.30. The summed E-state index contributed by atoms with van der Waals surface area (Å²) in [6.45, 7) is 4.26. The van der Waals surface area contributed by atoms with Crippen LogP contribution in [-0.2, 0) is 16.9 Å². The summed E-state index contributed by atoms with van der Waals surface area (Å²) in [5.41, 5.74) is 2.34. The van der Waals surface area contributed by atoms with E-state index >= 15 is 0 Å². The Bertz CT molecular complexity index is 1200. The van der Waals surface area contributed by atoms with E-state index in [2.05, 4.69) is 35.7 Å². The first kappa shape index (κ1) is 17.1. The molecule has 8 nitrogen and oxygen atoms in total. The fraction of sp³-hybridized carbons (Fsp3) is 0.222. The van der Waals surface area contributed by atoms with E-state index in [1.807, 2.05) is 13.8 Å². The lowest BCUT2D eigenvalue weighted by molar-refractivity contribution is -0.00995. The van der Waals surface area contributed by atoms with Gasteiger partial charge in [-0.1, -0.05) is 11.6 Å². The molecule has 0 spiro atoms. The summed E-state index contributed by atoms with van der Waals surface area (Å²) in [7, 11) is 0. The van der Waals surface area contributed by atoms with Crippen molar-refractivity contribution in [3.05, 3.63) is 46.6 Å². The van der Waals surface area contributed by atoms with Gasteiger partial charge in [0.15, 0.2) is 11.6 Å². The number of halogens is 2. The van der Waals surface area contributed by atoms with E-state index in [4.69, 9.17) is 16.3 Å². The minimum Gasteiger partial charge on any atom is -0.364 e. The van der Waals surface area contributed by atoms with Crippen LogP contribution >= 0.6 is 11.6 Å². The summed E-state index contributed by atoms with van der Waals surface area (Å²) in [6, 6.07) is 2.60. The number of fused-ring (bicyclic) bond motifs is 2. The van der Waals surface area contributed by atoms with Gasteiger partial charge in [-0.15, -0.1) is 0 Å². The monoisotopic (exact) mass is 399 g/mol. The van der Waals surface area contributed by atoms with E-state index in [-0.39, 0.29) is 5.02 Å². The molecule has 0 fully saturated rings. The summed E-state index contributed by atoms with van der Waals surface area (Å²) in [5.74, 6) is 1.01. The van der Waals surface area contributed by atoms with Crippen molar-refractivity contribution in [3.8, 4) is 11.4 Å². The molecule has 1 aromatic carbocycles. The van der Waals surface area contributed by atoms with E-state index in [9.17, 15) is 4.39 Å². The number of benzene rings is 1. The summed E-state index contributed by atoms with van der Waals surface area (Å²) >= 11 is 6.11. The third-order valence-corrected chi connectivity index (χ3v) is 5.04. The predicted octanol–water partition coefficient (Wildman–Crippen LogP) is 4.04. The maximum Gasteiger partial charge on any atom is 0.165 e. The first-order valence-electron chi connectivity index (χ1n) is 8.57. The van der Waals surface area contributed by atoms with Crippen molar-refractivity contribution in [2.75, 3.05) is 5.32 Å². The van der Waals surface area contributed by atoms with Gasteiger partial charge in [-0.3, -0.25) is 10.2 Å². The van der Waals surface area contributed by atoms with Gasteiger partial charge in [0.05, 0.1) is 34.6 Å². The highest BCUT2D eigenvalue weighted by Crippen LogP contribution is 2.40. The van der Waals surface area contributed by atoms with E-state index in [0.29, 0.717) is 35.0 Å². The van der Waals surface area contributed by atoms with Crippen molar-refractivity contribution >= 4 is 34.1 Å². The number of hydrogen-bond acceptors (Lipinski definition) is 6. The maximum absolute atomic E-state index is 13.9. The first-order chi connectivity index (χ1) is 13.4. The SMILES string of the molecule is CC1(C)OCc2c(Nc3n[nH]c4c(Cl)cc(F)cc34)nc(-c3cn[nH]c3)nc21. The first-order valence-corrected chi connectivity index (χ1v) is 8.95. The van der Waals surface area contributed by atoms with Crippen LogP contribution in [0.3, 0.4) is 0 Å². The van der Waals surface area contributed by atoms with Gasteiger partial charge in [0.25, 0.3) is 0 Å². The van der Waals surface area contributed by atoms with Gasteiger partial charge in [0, 0.05) is 17.1 Å². The number of anilines is 2. The average molecular weight is 400 g/mol. The van der Waals surface area contributed by atoms with Crippen molar-refractivity contribution in [2.45, 2.75) is 26.1 Å². The predicted molar refractivity (Wildman–Crippen MR) is 102 cm³/mol. The van der Waals surface area contributed by atoms with Crippen LogP contribution in [0, 0.1) is 5.82 Å². The molecule has 3 N–H and O–H groups in total. The topological polar surface area (TPSA) is 104 Å². The Balaban J connectivity index is 1.67. The smallest absolute Gasteiger partial charge is 0.165 e. The van der Waals surface area contributed by atoms with Gasteiger partial charge in [-0.25, -0.2) is 14.4 Å². The van der Waals surface area contributed by atoms with Crippen LogP contribution < -0.4 is 5.32 Å². The third-order valence-electron chi connectivity index (χ3n) is 4.74. The number of aromatic amines is 2. The number of nitrogens with zero attached hydrogens (tertiary/aromatic N) is 4. The number of ether oxygens (including phenoxy) is 1. The van der Waals surface area contributed by atoms with E-state index in [1.54, 1.807) is 12.4 Å². The normalized spacial score (nSPS) is 15.1. The molecule has 10 heteroatoms. The van der Waals surface area contributed by atoms with Gasteiger partial charge in [-0.05, 0) is 26.0 Å². The van der Waals surface area contributed by atoms with Crippen LogP contribution in [0.4, 0.5) is 16.0 Å². The van der Waals surface area contributed by atoms with E-state index in [1.165, 1.54) is 12.1 Å². The van der Waals surface area contributed by atoms with Crippen LogP contribution in [-0.4, -0.2) is 30.4 Å². The van der Waals surface area contributed by atoms with Crippen molar-refractivity contribution < 1.29 is 9.13 Å². The molecule has 0 unspecified atom stereocenters. The quantitative estimate of drug-likeness (QED) is 0.480. The zero-order valence-electron chi connectivity index (χ0n) is 15.0. The molecule has 0 aliphatic carbocycles. The molecule has 3 aromatic heterocycles. The zero-order valence-corrected chi connectivity index (χ0v) is 15.7. The van der Waals surface area contributed by atoms with Crippen LogP contribution in [0.25, 0.3) is 22.3 Å². The minimum absolute atomic E-state index is 0.256. The second kappa shape index (κ2) is 5.98. The van der Waals surface area contributed by atoms with Crippen LogP contribution in [0.2, 0.25) is 5.02 Å². The van der Waals surface area contributed by atoms with Crippen molar-refractivity contribution in [3.63, 3.8) is 0 Å². The van der Waals surface area contributed by atoms with E-state index in [0.717, 1.165) is 16.8 Å². The highest BCUT2D eigenvalue weighted by molar-refractivity contribution is 6.35. The molecule has 28 heavy (non-hydrogen) atoms. The van der Waals surface area contributed by atoms with Gasteiger partial charge in [0.2, 0.25) is 0 Å². The Kier molecular flexibility index (Phi) is 3.65. The van der Waals surface area contributed by atoms with Gasteiger partial charge in [-0.2, -0.15) is 10.2 Å². The van der Waals surface area contributed by atoms with Crippen LogP contribution in [0.5, 0.6) is 0 Å². The highest BCUT2D eigenvalue weighted by Gasteiger charge is 2.36. The van der Waals surface area contributed by atoms with Crippen LogP contribution in [0.15, 0.2) is 24.5 Å². The van der Waals surface area contributed by atoms with E-state index < -0.39 is 11.4 Å². The molecular weight excluding hydrogens is 385 g/mol. The molecule has 0 atom stereocenters. The lowest BCUT2D eigenvalue weighted by Crippen LogP contribution is -2.17. The molecule has 0 saturated carbocycles. The Morgan fingerprint density at radius 1 is 1.25 bits per heavy atom. The van der Waals surface area contributed by atoms with Crippen molar-refractivity contribution in [2.24, 2.45) is 0 Å². The van der Waals surface area contributed by atoms with Crippen molar-refractivity contribution in [1.29, 1.82) is 0 Å². The number of rotatable bonds is 3. The average Bonchev–Trinajstić information content (AvgIpc) is 3.36. The molecular formula is C18H15ClFN7O. The Labute approximate surface area is 163 Å². The Morgan fingerprint density at radius 3 is 2.89 bits per heavy atom. The standard InChI is InChI=1S/C18H15ClFN7O/c1-18(2)14-11(7-28-18)16(24-15(23-14)8-5-21-22-6-8)25-17-10-3-9(20)4-12(19)13(10)26-27-17/h3-6H,7H2,1-2H3,(H,21,22)(H2,23,24,25,26,27). The molecule has 0 radical (unpaired) electrons. The van der Waals surface area contributed by atoms with Gasteiger partial charge < -0.3 is 10.1 Å². The summed E-state index contributed by atoms with van der Waals surface area (Å²) in [6.07, 6.45) is 3.36. The number of H-pyrrole nitrogens is 2. The zero-order chi connectivity index (χ0) is 19.5. The molecule has 0 saturated heterocycles. The lowest BCUT2D eigenvalue weighted by Gasteiger charge is -2.18. The third kappa shape index (κ3) is 2.62. The Morgan fingerprint density at radius 2 is 2.11 bits per heavy atom. The summed E-state index contributed by atoms with van der Waals surface area (Å²) < 4.78 is 19.7. The molecule has 0 amide bonds. The van der Waals surface area contributed by atoms with Crippen LogP contribution in [0.1, 0.15) is 25.1 Å². The molecule has 0 bridgehead atoms. The second-order valence-electron chi connectivity index (χ2n) is 7.02. The fourth-order valence-corrected chi connectivity index (χ4v) is 3.55. The molecule has 5 rings (SSSR count). The highest BCUT2D eigenvalue weighted by atomic mass is 35.5. The number of hydrogen-bond donors (Lipinski definition) is 3. The lowest BCUT2D eigenvalue weighted by atomic mass is 10.0. The molecule has 1 aliphatic heterocycles. The summed E-state index contributed by atoms with van der Waals surface area (Å²) in [4.78, 5) is 9.32. The van der Waals surface area contributed by atoms with Gasteiger partial charge in [0.1, 0.15) is 17.2 Å². The summed E-state index contributed by atoms with van der Waals surface area (Å²) in [5, 5.41) is 17.8. The van der Waals surface area contributed by atoms with Gasteiger partial charge >= 0.3 is 0 Å². The Hall–Kier alpha value is -3.04. The minimum atomic E-state index is -0.559. The number of aromatic nitrogens is 6. The second-order valence-corrected chi connectivity index (χ2v) is 7.42. The molecule has 1 aliphatic rings. The largest absolute Gasteiger partial charge is 0.364 e. The maximum atomic E-state index is 13.9.